The van der Waals surface area contributed by atoms with Gasteiger partial charge in [0.1, 0.15) is 0 Å². The van der Waals surface area contributed by atoms with Crippen molar-refractivity contribution in [2.45, 2.75) is 18.8 Å². The first-order valence-corrected chi connectivity index (χ1v) is 7.79. The molecule has 0 bridgehead atoms. The third kappa shape index (κ3) is 5.42. The number of carbonyl (C=O) groups excluding carboxylic acids is 2. The van der Waals surface area contributed by atoms with E-state index >= 15 is 0 Å². The second kappa shape index (κ2) is 8.34. The first-order chi connectivity index (χ1) is 11.1. The quantitative estimate of drug-likeness (QED) is 0.819. The van der Waals surface area contributed by atoms with Crippen LogP contribution in [-0.2, 0) is 9.59 Å². The number of carbonyl (C=O) groups is 2. The number of rotatable bonds is 7. The second-order valence-electron chi connectivity index (χ2n) is 5.29. The highest BCUT2D eigenvalue weighted by Gasteiger charge is 2.18. The molecule has 0 aliphatic rings. The van der Waals surface area contributed by atoms with Crippen LogP contribution in [0.2, 0.25) is 5.02 Å². The van der Waals surface area contributed by atoms with E-state index in [1.54, 1.807) is 6.07 Å². The Morgan fingerprint density at radius 3 is 2.39 bits per heavy atom. The fourth-order valence-electron chi connectivity index (χ4n) is 2.42. The number of nitrogens with two attached hydrogens (primary N) is 1. The van der Waals surface area contributed by atoms with Gasteiger partial charge in [-0.3, -0.25) is 9.59 Å². The summed E-state index contributed by atoms with van der Waals surface area (Å²) in [5, 5.41) is 3.36. The minimum atomic E-state index is -0.431. The van der Waals surface area contributed by atoms with E-state index in [4.69, 9.17) is 17.3 Å². The molecule has 0 saturated carbocycles. The molecule has 23 heavy (non-hydrogen) atoms. The van der Waals surface area contributed by atoms with E-state index < -0.39 is 5.91 Å². The lowest BCUT2D eigenvalue weighted by atomic mass is 9.88. The molecule has 0 unspecified atom stereocenters. The maximum atomic E-state index is 12.2. The molecule has 0 aliphatic carbocycles. The number of nitrogens with one attached hydrogen (secondary N) is 1. The van der Waals surface area contributed by atoms with Gasteiger partial charge < -0.3 is 11.1 Å². The van der Waals surface area contributed by atoms with Gasteiger partial charge in [0, 0.05) is 30.3 Å². The molecule has 2 aromatic rings. The Morgan fingerprint density at radius 2 is 1.74 bits per heavy atom. The highest BCUT2D eigenvalue weighted by Crippen LogP contribution is 2.29. The summed E-state index contributed by atoms with van der Waals surface area (Å²) in [6, 6.07) is 17.3. The van der Waals surface area contributed by atoms with E-state index in [1.807, 2.05) is 48.5 Å². The fourth-order valence-corrected chi connectivity index (χ4v) is 2.62. The van der Waals surface area contributed by atoms with E-state index in [-0.39, 0.29) is 31.2 Å². The Morgan fingerprint density at radius 1 is 1.04 bits per heavy atom. The van der Waals surface area contributed by atoms with Crippen molar-refractivity contribution in [3.63, 3.8) is 0 Å². The van der Waals surface area contributed by atoms with Gasteiger partial charge in [-0.1, -0.05) is 54.1 Å². The average molecular weight is 331 g/mol. The van der Waals surface area contributed by atoms with Crippen LogP contribution in [0.4, 0.5) is 0 Å². The van der Waals surface area contributed by atoms with Crippen LogP contribution < -0.4 is 11.1 Å². The van der Waals surface area contributed by atoms with E-state index in [1.165, 1.54) is 0 Å². The minimum Gasteiger partial charge on any atom is -0.370 e. The predicted octanol–water partition coefficient (Wildman–Crippen LogP) is 2.85. The van der Waals surface area contributed by atoms with Crippen molar-refractivity contribution in [2.75, 3.05) is 6.54 Å². The molecule has 0 heterocycles. The molecule has 0 aliphatic heterocycles. The molecule has 3 N–H and O–H groups in total. The highest BCUT2D eigenvalue weighted by atomic mass is 35.5. The van der Waals surface area contributed by atoms with Gasteiger partial charge in [0.05, 0.1) is 0 Å². The third-order valence-electron chi connectivity index (χ3n) is 3.54. The maximum absolute atomic E-state index is 12.2. The number of amides is 2. The molecule has 2 amide bonds. The number of halogens is 1. The Kier molecular flexibility index (Phi) is 6.18. The van der Waals surface area contributed by atoms with Crippen LogP contribution in [0.5, 0.6) is 0 Å². The number of hydrogen-bond donors (Lipinski definition) is 2. The van der Waals surface area contributed by atoms with Crippen molar-refractivity contribution in [1.82, 2.24) is 5.32 Å². The van der Waals surface area contributed by atoms with Gasteiger partial charge in [-0.15, -0.1) is 0 Å². The summed E-state index contributed by atoms with van der Waals surface area (Å²) in [6.45, 7) is 0.255. The number of benzene rings is 2. The smallest absolute Gasteiger partial charge is 0.220 e. The van der Waals surface area contributed by atoms with Crippen molar-refractivity contribution >= 4 is 23.4 Å². The monoisotopic (exact) mass is 330 g/mol. The molecule has 0 radical (unpaired) electrons. The summed E-state index contributed by atoms with van der Waals surface area (Å²) >= 11 is 6.08. The molecule has 5 heteroatoms. The van der Waals surface area contributed by atoms with Crippen molar-refractivity contribution in [1.29, 1.82) is 0 Å². The van der Waals surface area contributed by atoms with Crippen LogP contribution in [-0.4, -0.2) is 18.4 Å². The van der Waals surface area contributed by atoms with E-state index in [9.17, 15) is 9.59 Å². The van der Waals surface area contributed by atoms with Gasteiger partial charge in [0.2, 0.25) is 11.8 Å². The first kappa shape index (κ1) is 17.0. The summed E-state index contributed by atoms with van der Waals surface area (Å²) in [5.41, 5.74) is 7.10. The largest absolute Gasteiger partial charge is 0.370 e. The SMILES string of the molecule is NC(=O)CCNC(=O)C[C@H](c1ccccc1)c1cccc(Cl)c1. The predicted molar refractivity (Wildman–Crippen MR) is 91.2 cm³/mol. The standard InChI is InChI=1S/C18H19ClN2O2/c19-15-8-4-7-14(11-15)16(13-5-2-1-3-6-13)12-18(23)21-10-9-17(20)22/h1-8,11,16H,9-10,12H2,(H2,20,22)(H,21,23)/t16-/m1/s1. The normalized spacial score (nSPS) is 11.7. The molecule has 0 saturated heterocycles. The molecule has 0 spiro atoms. The lowest BCUT2D eigenvalue weighted by molar-refractivity contribution is -0.121. The second-order valence-corrected chi connectivity index (χ2v) is 5.73. The molecular formula is C18H19ClN2O2. The lowest BCUT2D eigenvalue weighted by Crippen LogP contribution is -2.29. The van der Waals surface area contributed by atoms with E-state index in [0.717, 1.165) is 11.1 Å². The summed E-state index contributed by atoms with van der Waals surface area (Å²) in [5.74, 6) is -0.650. The summed E-state index contributed by atoms with van der Waals surface area (Å²) in [6.07, 6.45) is 0.419. The fraction of sp³-hybridized carbons (Fsp3) is 0.222. The highest BCUT2D eigenvalue weighted by molar-refractivity contribution is 6.30. The number of hydrogen-bond acceptors (Lipinski definition) is 2. The van der Waals surface area contributed by atoms with Crippen LogP contribution in [0.15, 0.2) is 54.6 Å². The minimum absolute atomic E-state index is 0.0940. The molecule has 0 aromatic heterocycles. The summed E-state index contributed by atoms with van der Waals surface area (Å²) in [7, 11) is 0. The van der Waals surface area contributed by atoms with E-state index in [2.05, 4.69) is 5.32 Å². The van der Waals surface area contributed by atoms with Gasteiger partial charge in [-0.05, 0) is 23.3 Å². The molecule has 4 nitrogen and oxygen atoms in total. The third-order valence-corrected chi connectivity index (χ3v) is 3.77. The maximum Gasteiger partial charge on any atom is 0.220 e. The van der Waals surface area contributed by atoms with Gasteiger partial charge >= 0.3 is 0 Å². The number of primary amides is 1. The van der Waals surface area contributed by atoms with Gasteiger partial charge in [0.25, 0.3) is 0 Å². The Balaban J connectivity index is 2.15. The van der Waals surface area contributed by atoms with Crippen molar-refractivity contribution in [3.05, 3.63) is 70.7 Å². The Bertz CT molecular complexity index is 674. The molecule has 1 atom stereocenters. The Labute approximate surface area is 140 Å². The van der Waals surface area contributed by atoms with Crippen molar-refractivity contribution in [2.24, 2.45) is 5.73 Å². The van der Waals surface area contributed by atoms with Gasteiger partial charge in [-0.25, -0.2) is 0 Å². The Hall–Kier alpha value is -2.33. The first-order valence-electron chi connectivity index (χ1n) is 7.41. The van der Waals surface area contributed by atoms with Crippen LogP contribution in [0, 0.1) is 0 Å². The topological polar surface area (TPSA) is 72.2 Å². The van der Waals surface area contributed by atoms with Gasteiger partial charge in [0.15, 0.2) is 0 Å². The molecule has 2 rings (SSSR count). The van der Waals surface area contributed by atoms with Crippen molar-refractivity contribution < 1.29 is 9.59 Å². The molecule has 0 fully saturated rings. The molecular weight excluding hydrogens is 312 g/mol. The molecule has 2 aromatic carbocycles. The zero-order valence-electron chi connectivity index (χ0n) is 12.7. The lowest BCUT2D eigenvalue weighted by Gasteiger charge is -2.18. The van der Waals surface area contributed by atoms with Crippen molar-refractivity contribution in [3.8, 4) is 0 Å². The molecule has 120 valence electrons. The van der Waals surface area contributed by atoms with Gasteiger partial charge in [-0.2, -0.15) is 0 Å². The van der Waals surface area contributed by atoms with Crippen LogP contribution >= 0.6 is 11.6 Å². The summed E-state index contributed by atoms with van der Waals surface area (Å²) < 4.78 is 0. The van der Waals surface area contributed by atoms with Crippen LogP contribution in [0.3, 0.4) is 0 Å². The van der Waals surface area contributed by atoms with Crippen LogP contribution in [0.1, 0.15) is 29.9 Å². The zero-order chi connectivity index (χ0) is 16.7. The zero-order valence-corrected chi connectivity index (χ0v) is 13.4. The average Bonchev–Trinajstić information content (AvgIpc) is 2.53. The van der Waals surface area contributed by atoms with Crippen LogP contribution in [0.25, 0.3) is 0 Å². The summed E-state index contributed by atoms with van der Waals surface area (Å²) in [4.78, 5) is 22.9. The van der Waals surface area contributed by atoms with E-state index in [0.29, 0.717) is 5.02 Å².